The minimum atomic E-state index is -3.91. The number of sulfonamides is 1. The van der Waals surface area contributed by atoms with Gasteiger partial charge in [0.25, 0.3) is 15.9 Å². The molecule has 0 atom stereocenters. The predicted octanol–water partition coefficient (Wildman–Crippen LogP) is 4.49. The molecular formula is C22H19ClN2O5S. The Balaban J connectivity index is 1.89. The zero-order valence-electron chi connectivity index (χ0n) is 16.7. The van der Waals surface area contributed by atoms with Crippen LogP contribution in [0.3, 0.4) is 0 Å². The van der Waals surface area contributed by atoms with Crippen LogP contribution in [0.2, 0.25) is 5.02 Å². The number of halogens is 1. The van der Waals surface area contributed by atoms with Crippen LogP contribution in [0.5, 0.6) is 0 Å². The van der Waals surface area contributed by atoms with Crippen LogP contribution in [0.15, 0.2) is 71.6 Å². The van der Waals surface area contributed by atoms with Crippen molar-refractivity contribution in [2.45, 2.75) is 11.8 Å². The maximum absolute atomic E-state index is 12.9. The number of rotatable bonds is 6. The van der Waals surface area contributed by atoms with Crippen molar-refractivity contribution in [2.75, 3.05) is 17.1 Å². The van der Waals surface area contributed by atoms with E-state index in [1.165, 1.54) is 49.6 Å². The minimum Gasteiger partial charge on any atom is -0.465 e. The number of amides is 1. The van der Waals surface area contributed by atoms with Gasteiger partial charge in [-0.1, -0.05) is 41.4 Å². The van der Waals surface area contributed by atoms with Crippen LogP contribution in [0, 0.1) is 6.92 Å². The molecule has 0 saturated heterocycles. The Bertz CT molecular complexity index is 1240. The summed E-state index contributed by atoms with van der Waals surface area (Å²) >= 11 is 6.14. The van der Waals surface area contributed by atoms with E-state index in [9.17, 15) is 18.0 Å². The van der Waals surface area contributed by atoms with Crippen molar-refractivity contribution < 1.29 is 22.7 Å². The highest BCUT2D eigenvalue weighted by atomic mass is 35.5. The van der Waals surface area contributed by atoms with E-state index in [4.69, 9.17) is 11.6 Å². The first-order chi connectivity index (χ1) is 14.7. The first kappa shape index (κ1) is 22.3. The second kappa shape index (κ2) is 9.20. The average molecular weight is 459 g/mol. The van der Waals surface area contributed by atoms with E-state index in [1.807, 2.05) is 6.92 Å². The van der Waals surface area contributed by atoms with Gasteiger partial charge in [0.1, 0.15) is 0 Å². The van der Waals surface area contributed by atoms with Crippen molar-refractivity contribution in [1.82, 2.24) is 0 Å². The van der Waals surface area contributed by atoms with E-state index in [0.29, 0.717) is 0 Å². The maximum atomic E-state index is 12.9. The minimum absolute atomic E-state index is 0.0714. The van der Waals surface area contributed by atoms with Gasteiger partial charge in [-0.2, -0.15) is 0 Å². The second-order valence-corrected chi connectivity index (χ2v) is 8.69. The van der Waals surface area contributed by atoms with Crippen molar-refractivity contribution in [3.63, 3.8) is 0 Å². The molecule has 3 aromatic rings. The summed E-state index contributed by atoms with van der Waals surface area (Å²) in [5.74, 6) is -1.19. The lowest BCUT2D eigenvalue weighted by Gasteiger charge is -2.14. The van der Waals surface area contributed by atoms with Gasteiger partial charge in [-0.25, -0.2) is 13.2 Å². The number of aryl methyl sites for hydroxylation is 1. The van der Waals surface area contributed by atoms with E-state index in [1.54, 1.807) is 24.3 Å². The quantitative estimate of drug-likeness (QED) is 0.530. The third-order valence-corrected chi connectivity index (χ3v) is 6.09. The summed E-state index contributed by atoms with van der Waals surface area (Å²) in [6.45, 7) is 1.85. The summed E-state index contributed by atoms with van der Waals surface area (Å²) in [6, 6.07) is 16.8. The molecule has 1 amide bonds. The largest absolute Gasteiger partial charge is 0.465 e. The number of hydrogen-bond donors (Lipinski definition) is 2. The molecule has 0 aliphatic heterocycles. The molecule has 0 heterocycles. The fraction of sp³-hybridized carbons (Fsp3) is 0.0909. The molecule has 9 heteroatoms. The Kier molecular flexibility index (Phi) is 6.62. The van der Waals surface area contributed by atoms with Crippen molar-refractivity contribution in [1.29, 1.82) is 0 Å². The molecule has 0 saturated carbocycles. The van der Waals surface area contributed by atoms with Gasteiger partial charge in [0, 0.05) is 0 Å². The number of benzene rings is 3. The number of para-hydroxylation sites is 1. The van der Waals surface area contributed by atoms with Gasteiger partial charge in [0.15, 0.2) is 0 Å². The summed E-state index contributed by atoms with van der Waals surface area (Å²) in [6.07, 6.45) is 0. The lowest BCUT2D eigenvalue weighted by atomic mass is 10.1. The van der Waals surface area contributed by atoms with Gasteiger partial charge >= 0.3 is 5.97 Å². The highest BCUT2D eigenvalue weighted by Crippen LogP contribution is 2.26. The van der Waals surface area contributed by atoms with Crippen molar-refractivity contribution in [3.05, 3.63) is 88.4 Å². The van der Waals surface area contributed by atoms with Gasteiger partial charge in [0.2, 0.25) is 0 Å². The molecule has 0 aliphatic carbocycles. The molecule has 0 fully saturated rings. The average Bonchev–Trinajstić information content (AvgIpc) is 2.75. The van der Waals surface area contributed by atoms with Crippen molar-refractivity contribution in [3.8, 4) is 0 Å². The molecule has 0 bridgehead atoms. The van der Waals surface area contributed by atoms with Crippen LogP contribution in [-0.4, -0.2) is 27.4 Å². The highest BCUT2D eigenvalue weighted by Gasteiger charge is 2.19. The summed E-state index contributed by atoms with van der Waals surface area (Å²) in [7, 11) is -2.66. The molecule has 0 radical (unpaired) electrons. The van der Waals surface area contributed by atoms with Crippen LogP contribution in [-0.2, 0) is 14.8 Å². The number of ether oxygens (including phenoxy) is 1. The maximum Gasteiger partial charge on any atom is 0.337 e. The van der Waals surface area contributed by atoms with E-state index in [-0.39, 0.29) is 32.4 Å². The molecule has 0 aliphatic rings. The lowest BCUT2D eigenvalue weighted by Crippen LogP contribution is -2.19. The number of carbonyl (C=O) groups excluding carboxylic acids is 2. The van der Waals surface area contributed by atoms with Gasteiger partial charge < -0.3 is 10.1 Å². The number of hydrogen-bond acceptors (Lipinski definition) is 5. The van der Waals surface area contributed by atoms with E-state index >= 15 is 0 Å². The number of nitrogens with one attached hydrogen (secondary N) is 2. The zero-order chi connectivity index (χ0) is 22.6. The first-order valence-electron chi connectivity index (χ1n) is 9.09. The molecule has 0 spiro atoms. The summed E-state index contributed by atoms with van der Waals surface area (Å²) < 4.78 is 32.6. The van der Waals surface area contributed by atoms with Crippen molar-refractivity contribution >= 4 is 44.9 Å². The summed E-state index contributed by atoms with van der Waals surface area (Å²) in [4.78, 5) is 24.7. The Morgan fingerprint density at radius 1 is 0.935 bits per heavy atom. The highest BCUT2D eigenvalue weighted by molar-refractivity contribution is 7.92. The summed E-state index contributed by atoms with van der Waals surface area (Å²) in [5.41, 5.74) is 1.49. The van der Waals surface area contributed by atoms with E-state index in [2.05, 4.69) is 14.8 Å². The molecule has 3 rings (SSSR count). The first-order valence-corrected chi connectivity index (χ1v) is 10.9. The van der Waals surface area contributed by atoms with E-state index < -0.39 is 21.9 Å². The Morgan fingerprint density at radius 3 is 2.29 bits per heavy atom. The Labute approximate surface area is 185 Å². The third-order valence-electron chi connectivity index (χ3n) is 4.38. The van der Waals surface area contributed by atoms with Gasteiger partial charge in [0.05, 0.1) is 39.5 Å². The SMILES string of the molecule is COC(=O)c1ccc(Cl)c(NC(=O)c2ccccc2NS(=O)(=O)c2ccc(C)cc2)c1. The van der Waals surface area contributed by atoms with Crippen molar-refractivity contribution in [2.24, 2.45) is 0 Å². The van der Waals surface area contributed by atoms with Crippen LogP contribution >= 0.6 is 11.6 Å². The fourth-order valence-corrected chi connectivity index (χ4v) is 3.99. The van der Waals surface area contributed by atoms with Crippen LogP contribution in [0.4, 0.5) is 11.4 Å². The van der Waals surface area contributed by atoms with Gasteiger partial charge in [-0.3, -0.25) is 9.52 Å². The Hall–Kier alpha value is -3.36. The van der Waals surface area contributed by atoms with E-state index in [0.717, 1.165) is 5.56 Å². The van der Waals surface area contributed by atoms with Gasteiger partial charge in [-0.15, -0.1) is 0 Å². The fourth-order valence-electron chi connectivity index (χ4n) is 2.75. The lowest BCUT2D eigenvalue weighted by molar-refractivity contribution is 0.0600. The van der Waals surface area contributed by atoms with Crippen LogP contribution in [0.25, 0.3) is 0 Å². The second-order valence-electron chi connectivity index (χ2n) is 6.60. The molecule has 2 N–H and O–H groups in total. The van der Waals surface area contributed by atoms with Gasteiger partial charge in [-0.05, 0) is 49.4 Å². The molecular weight excluding hydrogens is 440 g/mol. The number of methoxy groups -OCH3 is 1. The monoisotopic (exact) mass is 458 g/mol. The standard InChI is InChI=1S/C22H19ClN2O5S/c1-14-7-10-16(11-8-14)31(28,29)25-19-6-4-3-5-17(19)21(26)24-20-13-15(22(27)30-2)9-12-18(20)23/h3-13,25H,1-2H3,(H,24,26). The molecule has 7 nitrogen and oxygen atoms in total. The number of carbonyl (C=O) groups is 2. The third kappa shape index (κ3) is 5.22. The molecule has 0 aromatic heterocycles. The molecule has 3 aromatic carbocycles. The predicted molar refractivity (Wildman–Crippen MR) is 119 cm³/mol. The molecule has 0 unspecified atom stereocenters. The number of anilines is 2. The summed E-state index contributed by atoms with van der Waals surface area (Å²) in [5, 5.41) is 2.81. The number of esters is 1. The van der Waals surface area contributed by atoms with Crippen LogP contribution in [0.1, 0.15) is 26.3 Å². The molecule has 31 heavy (non-hydrogen) atoms. The topological polar surface area (TPSA) is 102 Å². The smallest absolute Gasteiger partial charge is 0.337 e. The van der Waals surface area contributed by atoms with Crippen LogP contribution < -0.4 is 10.0 Å². The normalized spacial score (nSPS) is 10.9. The Morgan fingerprint density at radius 2 is 1.61 bits per heavy atom. The molecule has 160 valence electrons. The zero-order valence-corrected chi connectivity index (χ0v) is 18.3.